The van der Waals surface area contributed by atoms with E-state index in [-0.39, 0.29) is 28.3 Å². The Kier molecular flexibility index (Phi) is 6.89. The minimum atomic E-state index is -5.71. The molecule has 0 aliphatic carbocycles. The van der Waals surface area contributed by atoms with Gasteiger partial charge in [-0.3, -0.25) is 14.5 Å². The van der Waals surface area contributed by atoms with E-state index in [0.29, 0.717) is 22.8 Å². The maximum atomic E-state index is 15.3. The maximum Gasteiger partial charge on any atom is 0.516 e. The highest BCUT2D eigenvalue weighted by Crippen LogP contribution is 2.37. The number of ether oxygens (including phenoxy) is 1. The minimum Gasteiger partial charge on any atom is -0.454 e. The summed E-state index contributed by atoms with van der Waals surface area (Å²) in [6.07, 6.45) is 3.63. The fourth-order valence-corrected chi connectivity index (χ4v) is 4.41. The lowest BCUT2D eigenvalue weighted by Gasteiger charge is -2.18. The number of halogens is 4. The summed E-state index contributed by atoms with van der Waals surface area (Å²) in [6, 6.07) is 8.09. The van der Waals surface area contributed by atoms with Gasteiger partial charge in [-0.05, 0) is 48.2 Å². The lowest BCUT2D eigenvalue weighted by Crippen LogP contribution is -2.43. The van der Waals surface area contributed by atoms with E-state index in [1.165, 1.54) is 47.3 Å². The molecule has 0 saturated carbocycles. The minimum absolute atomic E-state index is 0.0244. The van der Waals surface area contributed by atoms with Gasteiger partial charge in [0.05, 0.1) is 6.54 Å². The van der Waals surface area contributed by atoms with Crippen molar-refractivity contribution in [2.75, 3.05) is 4.72 Å². The van der Waals surface area contributed by atoms with Gasteiger partial charge in [0, 0.05) is 35.3 Å². The number of benzene rings is 2. The highest BCUT2D eigenvalue weighted by Gasteiger charge is 2.46. The lowest BCUT2D eigenvalue weighted by atomic mass is 9.98. The third kappa shape index (κ3) is 4.97. The summed E-state index contributed by atoms with van der Waals surface area (Å²) in [5, 5.41) is 0.454. The predicted octanol–water partition coefficient (Wildman–Crippen LogP) is 4.33. The highest BCUT2D eigenvalue weighted by atomic mass is 32.2. The van der Waals surface area contributed by atoms with E-state index in [2.05, 4.69) is 4.99 Å². The van der Waals surface area contributed by atoms with Crippen LogP contribution in [0.4, 0.5) is 23.2 Å². The average molecular weight is 537 g/mol. The van der Waals surface area contributed by atoms with Crippen LogP contribution in [0.3, 0.4) is 0 Å². The molecule has 0 bridgehead atoms. The number of aryl methyl sites for hydroxylation is 1. The van der Waals surface area contributed by atoms with E-state index in [4.69, 9.17) is 4.74 Å². The summed E-state index contributed by atoms with van der Waals surface area (Å²) in [6.45, 7) is 5.16. The molecule has 1 aliphatic heterocycles. The van der Waals surface area contributed by atoms with Crippen LogP contribution in [0.1, 0.15) is 31.7 Å². The molecule has 1 aromatic heterocycles. The number of sulfonamides is 1. The largest absolute Gasteiger partial charge is 0.516 e. The van der Waals surface area contributed by atoms with Crippen molar-refractivity contribution in [2.45, 2.75) is 31.7 Å². The zero-order chi connectivity index (χ0) is 27.1. The summed E-state index contributed by atoms with van der Waals surface area (Å²) in [7, 11) is -4.25. The first-order chi connectivity index (χ1) is 17.3. The molecule has 12 heteroatoms. The predicted molar refractivity (Wildman–Crippen MR) is 130 cm³/mol. The number of nitrogens with one attached hydrogen (secondary N) is 1. The lowest BCUT2D eigenvalue weighted by molar-refractivity contribution is -0.0429. The van der Waals surface area contributed by atoms with E-state index in [9.17, 15) is 26.4 Å². The van der Waals surface area contributed by atoms with Crippen LogP contribution in [0.2, 0.25) is 0 Å². The summed E-state index contributed by atoms with van der Waals surface area (Å²) in [5.41, 5.74) is -5.50. The molecule has 0 saturated heterocycles. The normalized spacial score (nSPS) is 13.9. The van der Waals surface area contributed by atoms with Crippen molar-refractivity contribution < 1.29 is 30.7 Å². The van der Waals surface area contributed by atoms with Crippen LogP contribution in [0.5, 0.6) is 11.5 Å². The Balaban J connectivity index is 1.91. The van der Waals surface area contributed by atoms with Gasteiger partial charge in [-0.1, -0.05) is 26.0 Å². The number of alkyl halides is 3. The second-order valence-corrected chi connectivity index (χ2v) is 10.2. The summed E-state index contributed by atoms with van der Waals surface area (Å²) in [5.74, 6) is -0.785. The van der Waals surface area contributed by atoms with Crippen molar-refractivity contribution in [1.82, 2.24) is 4.57 Å². The van der Waals surface area contributed by atoms with Gasteiger partial charge in [0.1, 0.15) is 11.1 Å². The van der Waals surface area contributed by atoms with Gasteiger partial charge in [0.15, 0.2) is 11.6 Å². The molecule has 2 aromatic carbocycles. The van der Waals surface area contributed by atoms with Crippen LogP contribution in [0.15, 0.2) is 52.4 Å². The first-order valence-corrected chi connectivity index (χ1v) is 12.6. The van der Waals surface area contributed by atoms with Crippen molar-refractivity contribution in [3.8, 4) is 22.6 Å². The fourth-order valence-electron chi connectivity index (χ4n) is 3.86. The molecule has 195 valence electrons. The third-order valence-corrected chi connectivity index (χ3v) is 7.13. The molecule has 1 radical (unpaired) electrons. The molecule has 1 N–H and O–H groups in total. The molecule has 1 atom stereocenters. The molecular weight excluding hydrogens is 514 g/mol. The summed E-state index contributed by atoms with van der Waals surface area (Å²) in [4.78, 5) is 16.5. The molecule has 4 rings (SSSR count). The van der Waals surface area contributed by atoms with Crippen LogP contribution in [0, 0.1) is 12.4 Å². The van der Waals surface area contributed by atoms with E-state index in [1.807, 2.05) is 13.8 Å². The van der Waals surface area contributed by atoms with E-state index >= 15 is 4.39 Å². The van der Waals surface area contributed by atoms with E-state index < -0.39 is 32.6 Å². The molecule has 7 nitrogen and oxygen atoms in total. The van der Waals surface area contributed by atoms with Gasteiger partial charge >= 0.3 is 15.5 Å². The zero-order valence-corrected chi connectivity index (χ0v) is 20.7. The number of anilines is 1. The second kappa shape index (κ2) is 9.66. The maximum absolute atomic E-state index is 15.3. The first-order valence-electron chi connectivity index (χ1n) is 11.1. The average Bonchev–Trinajstić information content (AvgIpc) is 3.32. The highest BCUT2D eigenvalue weighted by molar-refractivity contribution is 7.93. The van der Waals surface area contributed by atoms with E-state index in [0.717, 1.165) is 12.1 Å². The Hall–Kier alpha value is -3.67. The second-order valence-electron chi connectivity index (χ2n) is 8.50. The molecule has 0 spiro atoms. The molecule has 37 heavy (non-hydrogen) atoms. The van der Waals surface area contributed by atoms with Gasteiger partial charge in [-0.15, -0.1) is 0 Å². The zero-order valence-electron chi connectivity index (χ0n) is 19.9. The van der Waals surface area contributed by atoms with Gasteiger partial charge in [-0.2, -0.15) is 21.6 Å². The Morgan fingerprint density at radius 1 is 1.14 bits per heavy atom. The quantitative estimate of drug-likeness (QED) is 0.455. The molecule has 3 aromatic rings. The molecule has 0 amide bonds. The SMILES string of the molecule is CCC(C)c1cccc(Oc2ccc(NS(=O)(=O)C(F)(F)F)cc2-c2cn(C)c(=O)c3c2=C[CH]N=3)c1F. The molecular formula is C25H22F4N3O4S. The first kappa shape index (κ1) is 26.4. The van der Waals surface area contributed by atoms with Crippen molar-refractivity contribution in [1.29, 1.82) is 0 Å². The Bertz CT molecular complexity index is 1660. The van der Waals surface area contributed by atoms with Gasteiger partial charge in [-0.25, -0.2) is 4.39 Å². The Morgan fingerprint density at radius 3 is 2.54 bits per heavy atom. The number of rotatable bonds is 7. The number of hydrogen-bond donors (Lipinski definition) is 1. The fraction of sp³-hybridized carbons (Fsp3) is 0.240. The van der Waals surface area contributed by atoms with Crippen LogP contribution < -0.4 is 25.6 Å². The topological polar surface area (TPSA) is 89.8 Å². The molecule has 0 fully saturated rings. The monoisotopic (exact) mass is 536 g/mol. The molecule has 2 heterocycles. The van der Waals surface area contributed by atoms with Crippen molar-refractivity contribution in [2.24, 2.45) is 12.0 Å². The Labute approximate surface area is 209 Å². The number of pyridine rings is 1. The van der Waals surface area contributed by atoms with Crippen molar-refractivity contribution >= 4 is 21.8 Å². The smallest absolute Gasteiger partial charge is 0.454 e. The molecule has 1 unspecified atom stereocenters. The van der Waals surface area contributed by atoms with Gasteiger partial charge in [0.2, 0.25) is 0 Å². The van der Waals surface area contributed by atoms with Crippen LogP contribution in [-0.2, 0) is 17.1 Å². The number of hydrogen-bond acceptors (Lipinski definition) is 5. The van der Waals surface area contributed by atoms with Crippen LogP contribution in [0.25, 0.3) is 17.2 Å². The van der Waals surface area contributed by atoms with Crippen LogP contribution >= 0.6 is 0 Å². The number of nitrogens with zero attached hydrogens (tertiary/aromatic N) is 2. The standard InChI is InChI=1S/C25H22F4N3O4S/c1-4-14(2)16-6-5-7-21(22(16)26)36-20-9-8-15(31-37(34,35)25(27,28)29)12-18(20)19-13-32(3)24(33)23-17(19)10-11-30-23/h5-14,31H,4H2,1-3H3. The van der Waals surface area contributed by atoms with Gasteiger partial charge < -0.3 is 9.30 Å². The Morgan fingerprint density at radius 2 is 1.86 bits per heavy atom. The summed E-state index contributed by atoms with van der Waals surface area (Å²) >= 11 is 0. The molecule has 1 aliphatic rings. The number of fused-ring (bicyclic) bond motifs is 1. The van der Waals surface area contributed by atoms with E-state index in [1.54, 1.807) is 12.1 Å². The van der Waals surface area contributed by atoms with Crippen LogP contribution in [-0.4, -0.2) is 18.5 Å². The third-order valence-electron chi connectivity index (χ3n) is 6.02. The van der Waals surface area contributed by atoms with Gasteiger partial charge in [0.25, 0.3) is 5.56 Å². The summed E-state index contributed by atoms with van der Waals surface area (Å²) < 4.78 is 86.3. The van der Waals surface area contributed by atoms with Crippen molar-refractivity contribution in [3.63, 3.8) is 0 Å². The number of aromatic nitrogens is 1. The van der Waals surface area contributed by atoms with Crippen molar-refractivity contribution in [3.05, 3.63) is 81.5 Å².